The van der Waals surface area contributed by atoms with Gasteiger partial charge >= 0.3 is 0 Å². The first kappa shape index (κ1) is 14.7. The van der Waals surface area contributed by atoms with Gasteiger partial charge in [0.15, 0.2) is 0 Å². The number of hydrogen-bond donors (Lipinski definition) is 2. The van der Waals surface area contributed by atoms with E-state index in [0.29, 0.717) is 17.9 Å². The number of aromatic nitrogens is 2. The van der Waals surface area contributed by atoms with E-state index < -0.39 is 5.91 Å². The van der Waals surface area contributed by atoms with Gasteiger partial charge < -0.3 is 11.1 Å². The summed E-state index contributed by atoms with van der Waals surface area (Å²) < 4.78 is 0. The van der Waals surface area contributed by atoms with Crippen LogP contribution < -0.4 is 11.1 Å². The molecule has 0 radical (unpaired) electrons. The van der Waals surface area contributed by atoms with Gasteiger partial charge in [-0.05, 0) is 17.7 Å². The van der Waals surface area contributed by atoms with Crippen molar-refractivity contribution in [2.45, 2.75) is 6.54 Å². The Morgan fingerprint density at radius 2 is 1.74 bits per heavy atom. The lowest BCUT2D eigenvalue weighted by Gasteiger charge is -2.07. The number of anilines is 1. The molecule has 0 aliphatic heterocycles. The van der Waals surface area contributed by atoms with E-state index in [0.717, 1.165) is 11.3 Å². The summed E-state index contributed by atoms with van der Waals surface area (Å²) in [5.74, 6) is 0.256. The van der Waals surface area contributed by atoms with Crippen LogP contribution in [0.4, 0.5) is 5.82 Å². The molecule has 0 saturated heterocycles. The third-order valence-corrected chi connectivity index (χ3v) is 3.42. The van der Waals surface area contributed by atoms with Crippen molar-refractivity contribution < 1.29 is 4.79 Å². The highest BCUT2D eigenvalue weighted by Gasteiger charge is 2.04. The molecule has 5 heteroatoms. The minimum absolute atomic E-state index is 0.444. The molecule has 0 unspecified atom stereocenters. The Morgan fingerprint density at radius 1 is 1.00 bits per heavy atom. The summed E-state index contributed by atoms with van der Waals surface area (Å²) in [4.78, 5) is 19.9. The van der Waals surface area contributed by atoms with Crippen LogP contribution in [0, 0.1) is 0 Å². The number of nitrogens with one attached hydrogen (secondary N) is 1. The Kier molecular flexibility index (Phi) is 4.29. The van der Waals surface area contributed by atoms with E-state index in [2.05, 4.69) is 15.3 Å². The van der Waals surface area contributed by atoms with Gasteiger partial charge in [0.1, 0.15) is 5.82 Å². The summed E-state index contributed by atoms with van der Waals surface area (Å²) in [5, 5.41) is 3.25. The summed E-state index contributed by atoms with van der Waals surface area (Å²) in [6.45, 7) is 0.680. The third-order valence-electron chi connectivity index (χ3n) is 3.42. The lowest BCUT2D eigenvalue weighted by molar-refractivity contribution is 0.100. The van der Waals surface area contributed by atoms with Gasteiger partial charge in [-0.25, -0.2) is 4.98 Å². The second-order valence-electron chi connectivity index (χ2n) is 5.07. The Labute approximate surface area is 134 Å². The van der Waals surface area contributed by atoms with Crippen LogP contribution in [-0.2, 0) is 6.54 Å². The van der Waals surface area contributed by atoms with Gasteiger partial charge in [-0.3, -0.25) is 9.78 Å². The van der Waals surface area contributed by atoms with Crippen molar-refractivity contribution in [3.63, 3.8) is 0 Å². The molecule has 1 aromatic heterocycles. The van der Waals surface area contributed by atoms with Gasteiger partial charge in [0.05, 0.1) is 18.1 Å². The summed E-state index contributed by atoms with van der Waals surface area (Å²) in [5.41, 5.74) is 8.50. The second-order valence-corrected chi connectivity index (χ2v) is 5.07. The molecule has 0 aliphatic carbocycles. The zero-order chi connectivity index (χ0) is 16.1. The fraction of sp³-hybridized carbons (Fsp3) is 0.0556. The second kappa shape index (κ2) is 6.70. The number of nitrogens with two attached hydrogens (primary N) is 1. The maximum Gasteiger partial charge on any atom is 0.248 e. The smallest absolute Gasteiger partial charge is 0.248 e. The average molecular weight is 304 g/mol. The quantitative estimate of drug-likeness (QED) is 0.759. The SMILES string of the molecule is NC(=O)c1ccc(-c2cncc(NCc3ccccc3)n2)cc1. The molecule has 0 aliphatic rings. The Bertz CT molecular complexity index is 801. The molecule has 0 atom stereocenters. The van der Waals surface area contributed by atoms with E-state index in [1.807, 2.05) is 42.5 Å². The van der Waals surface area contributed by atoms with E-state index >= 15 is 0 Å². The van der Waals surface area contributed by atoms with Gasteiger partial charge in [-0.15, -0.1) is 0 Å². The summed E-state index contributed by atoms with van der Waals surface area (Å²) in [6, 6.07) is 17.1. The van der Waals surface area contributed by atoms with Crippen LogP contribution in [0.15, 0.2) is 67.0 Å². The zero-order valence-corrected chi connectivity index (χ0v) is 12.4. The van der Waals surface area contributed by atoms with Crippen LogP contribution in [0.5, 0.6) is 0 Å². The molecule has 0 saturated carbocycles. The number of hydrogen-bond acceptors (Lipinski definition) is 4. The van der Waals surface area contributed by atoms with Gasteiger partial charge in [0, 0.05) is 17.7 Å². The third kappa shape index (κ3) is 3.71. The highest BCUT2D eigenvalue weighted by molar-refractivity contribution is 5.93. The fourth-order valence-corrected chi connectivity index (χ4v) is 2.18. The van der Waals surface area contributed by atoms with Gasteiger partial charge in [0.25, 0.3) is 0 Å². The van der Waals surface area contributed by atoms with E-state index in [9.17, 15) is 4.79 Å². The standard InChI is InChI=1S/C18H16N4O/c19-18(23)15-8-6-14(7-9-15)16-11-20-12-17(22-16)21-10-13-4-2-1-3-5-13/h1-9,11-12H,10H2,(H2,19,23)(H,21,22). The number of nitrogens with zero attached hydrogens (tertiary/aromatic N) is 2. The van der Waals surface area contributed by atoms with Gasteiger partial charge in [0.2, 0.25) is 5.91 Å². The average Bonchev–Trinajstić information content (AvgIpc) is 2.61. The number of primary amides is 1. The van der Waals surface area contributed by atoms with Crippen molar-refractivity contribution in [3.05, 3.63) is 78.1 Å². The van der Waals surface area contributed by atoms with Crippen LogP contribution in [0.3, 0.4) is 0 Å². The fourth-order valence-electron chi connectivity index (χ4n) is 2.18. The van der Waals surface area contributed by atoms with Crippen molar-refractivity contribution in [1.82, 2.24) is 9.97 Å². The lowest BCUT2D eigenvalue weighted by Crippen LogP contribution is -2.10. The molecule has 1 amide bonds. The van der Waals surface area contributed by atoms with E-state index in [1.165, 1.54) is 5.56 Å². The van der Waals surface area contributed by atoms with Crippen molar-refractivity contribution >= 4 is 11.7 Å². The monoisotopic (exact) mass is 304 g/mol. The first-order valence-electron chi connectivity index (χ1n) is 7.22. The van der Waals surface area contributed by atoms with Crippen LogP contribution in [0.25, 0.3) is 11.3 Å². The van der Waals surface area contributed by atoms with E-state index in [-0.39, 0.29) is 0 Å². The van der Waals surface area contributed by atoms with Gasteiger partial charge in [-0.1, -0.05) is 42.5 Å². The molecule has 0 spiro atoms. The molecular formula is C18H16N4O. The van der Waals surface area contributed by atoms with Crippen molar-refractivity contribution in [2.75, 3.05) is 5.32 Å². The summed E-state index contributed by atoms with van der Waals surface area (Å²) in [6.07, 6.45) is 3.37. The molecule has 0 fully saturated rings. The topological polar surface area (TPSA) is 80.9 Å². The minimum Gasteiger partial charge on any atom is -0.366 e. The number of carbonyl (C=O) groups is 1. The number of rotatable bonds is 5. The largest absolute Gasteiger partial charge is 0.366 e. The maximum absolute atomic E-state index is 11.1. The van der Waals surface area contributed by atoms with Crippen LogP contribution in [0.2, 0.25) is 0 Å². The zero-order valence-electron chi connectivity index (χ0n) is 12.4. The highest BCUT2D eigenvalue weighted by Crippen LogP contribution is 2.18. The predicted octanol–water partition coefficient (Wildman–Crippen LogP) is 2.85. The number of carbonyl (C=O) groups excluding carboxylic acids is 1. The molecule has 5 nitrogen and oxygen atoms in total. The van der Waals surface area contributed by atoms with Crippen LogP contribution in [0.1, 0.15) is 15.9 Å². The van der Waals surface area contributed by atoms with Crippen molar-refractivity contribution in [3.8, 4) is 11.3 Å². The molecule has 2 aromatic carbocycles. The highest BCUT2D eigenvalue weighted by atomic mass is 16.1. The normalized spacial score (nSPS) is 10.3. The summed E-state index contributed by atoms with van der Waals surface area (Å²) >= 11 is 0. The van der Waals surface area contributed by atoms with Crippen LogP contribution >= 0.6 is 0 Å². The first-order valence-corrected chi connectivity index (χ1v) is 7.22. The Hall–Kier alpha value is -3.21. The molecule has 1 heterocycles. The van der Waals surface area contributed by atoms with Crippen molar-refractivity contribution in [1.29, 1.82) is 0 Å². The Balaban J connectivity index is 1.75. The van der Waals surface area contributed by atoms with E-state index in [1.54, 1.807) is 24.5 Å². The molecular weight excluding hydrogens is 288 g/mol. The van der Waals surface area contributed by atoms with Gasteiger partial charge in [-0.2, -0.15) is 0 Å². The number of benzene rings is 2. The molecule has 114 valence electrons. The molecule has 23 heavy (non-hydrogen) atoms. The summed E-state index contributed by atoms with van der Waals surface area (Å²) in [7, 11) is 0. The Morgan fingerprint density at radius 3 is 2.43 bits per heavy atom. The lowest BCUT2D eigenvalue weighted by atomic mass is 10.1. The molecule has 3 N–H and O–H groups in total. The predicted molar refractivity (Wildman–Crippen MR) is 89.8 cm³/mol. The molecule has 3 rings (SSSR count). The van der Waals surface area contributed by atoms with Crippen molar-refractivity contribution in [2.24, 2.45) is 5.73 Å². The van der Waals surface area contributed by atoms with E-state index in [4.69, 9.17) is 5.73 Å². The minimum atomic E-state index is -0.444. The number of amides is 1. The maximum atomic E-state index is 11.1. The molecule has 3 aromatic rings. The van der Waals surface area contributed by atoms with Crippen LogP contribution in [-0.4, -0.2) is 15.9 Å². The molecule has 0 bridgehead atoms. The first-order chi connectivity index (χ1) is 11.2.